The Labute approximate surface area is 190 Å². The summed E-state index contributed by atoms with van der Waals surface area (Å²) in [5.74, 6) is -2.37. The van der Waals surface area contributed by atoms with E-state index in [0.717, 1.165) is 0 Å². The lowest BCUT2D eigenvalue weighted by atomic mass is 9.95. The second kappa shape index (κ2) is 9.19. The van der Waals surface area contributed by atoms with Crippen molar-refractivity contribution in [3.8, 4) is 0 Å². The van der Waals surface area contributed by atoms with E-state index in [1.54, 1.807) is 51.1 Å². The van der Waals surface area contributed by atoms with E-state index in [1.807, 2.05) is 0 Å². The molecule has 0 bridgehead atoms. The Morgan fingerprint density at radius 1 is 1.25 bits per heavy atom. The average molecular weight is 462 g/mol. The van der Waals surface area contributed by atoms with Crippen molar-refractivity contribution in [3.05, 3.63) is 35.9 Å². The Morgan fingerprint density at radius 3 is 2.50 bits per heavy atom. The van der Waals surface area contributed by atoms with Crippen LogP contribution in [0.1, 0.15) is 38.8 Å². The first-order chi connectivity index (χ1) is 15.1. The van der Waals surface area contributed by atoms with E-state index in [1.165, 1.54) is 16.7 Å². The molecule has 2 aliphatic rings. The molecule has 2 fully saturated rings. The van der Waals surface area contributed by atoms with Crippen LogP contribution in [0.2, 0.25) is 0 Å². The summed E-state index contributed by atoms with van der Waals surface area (Å²) in [5, 5.41) is 24.7. The van der Waals surface area contributed by atoms with Crippen LogP contribution in [0.15, 0.2) is 30.3 Å². The quantitative estimate of drug-likeness (QED) is 0.214. The van der Waals surface area contributed by atoms with E-state index in [2.05, 4.69) is 16.0 Å². The predicted molar refractivity (Wildman–Crippen MR) is 119 cm³/mol. The molecular formula is C21H27N5O5S. The van der Waals surface area contributed by atoms with Gasteiger partial charge in [-0.05, 0) is 19.4 Å². The fourth-order valence-electron chi connectivity index (χ4n) is 3.85. The van der Waals surface area contributed by atoms with Gasteiger partial charge in [0.1, 0.15) is 23.5 Å². The number of nitrogens with one attached hydrogen (secondary N) is 4. The van der Waals surface area contributed by atoms with E-state index in [-0.39, 0.29) is 12.4 Å². The number of β-lactam (4-membered cyclic amide) rings is 1. The fraction of sp³-hybridized carbons (Fsp3) is 0.476. The molecule has 0 saturated carbocycles. The topological polar surface area (TPSA) is 152 Å². The molecule has 0 aromatic heterocycles. The number of amidine groups is 1. The van der Waals surface area contributed by atoms with Gasteiger partial charge in [-0.15, -0.1) is 11.8 Å². The molecule has 2 saturated heterocycles. The Morgan fingerprint density at radius 2 is 1.91 bits per heavy atom. The van der Waals surface area contributed by atoms with Gasteiger partial charge in [-0.1, -0.05) is 37.3 Å². The monoisotopic (exact) mass is 461 g/mol. The minimum absolute atomic E-state index is 0.160. The minimum Gasteiger partial charge on any atom is -0.480 e. The van der Waals surface area contributed by atoms with Gasteiger partial charge in [0.25, 0.3) is 0 Å². The van der Waals surface area contributed by atoms with Gasteiger partial charge in [0, 0.05) is 11.2 Å². The van der Waals surface area contributed by atoms with Crippen LogP contribution in [0.3, 0.4) is 0 Å². The minimum atomic E-state index is -1.08. The van der Waals surface area contributed by atoms with Gasteiger partial charge in [0.15, 0.2) is 0 Å². The molecule has 32 heavy (non-hydrogen) atoms. The number of carbonyl (C=O) groups excluding carboxylic acids is 3. The zero-order valence-corrected chi connectivity index (χ0v) is 18.9. The van der Waals surface area contributed by atoms with Crippen LogP contribution in [-0.4, -0.2) is 68.3 Å². The summed E-state index contributed by atoms with van der Waals surface area (Å²) in [6.45, 7) is 5.14. The average Bonchev–Trinajstić information content (AvgIpc) is 3.02. The third kappa shape index (κ3) is 4.57. The van der Waals surface area contributed by atoms with Gasteiger partial charge >= 0.3 is 5.97 Å². The molecule has 11 heteroatoms. The van der Waals surface area contributed by atoms with Crippen molar-refractivity contribution in [2.75, 3.05) is 6.54 Å². The summed E-state index contributed by atoms with van der Waals surface area (Å²) in [6.07, 6.45) is 0.447. The number of carboxylic acids is 1. The van der Waals surface area contributed by atoms with Gasteiger partial charge in [-0.2, -0.15) is 0 Å². The molecule has 1 aromatic rings. The number of benzene rings is 1. The van der Waals surface area contributed by atoms with E-state index >= 15 is 0 Å². The van der Waals surface area contributed by atoms with Crippen LogP contribution < -0.4 is 16.0 Å². The maximum Gasteiger partial charge on any atom is 0.327 e. The molecule has 5 N–H and O–H groups in total. The van der Waals surface area contributed by atoms with E-state index in [9.17, 15) is 24.3 Å². The largest absolute Gasteiger partial charge is 0.480 e. The molecule has 2 unspecified atom stereocenters. The smallest absolute Gasteiger partial charge is 0.327 e. The molecule has 2 heterocycles. The van der Waals surface area contributed by atoms with Gasteiger partial charge in [-0.3, -0.25) is 19.8 Å². The molecule has 10 nitrogen and oxygen atoms in total. The van der Waals surface area contributed by atoms with Crippen molar-refractivity contribution in [1.29, 1.82) is 5.41 Å². The van der Waals surface area contributed by atoms with Gasteiger partial charge in [-0.25, -0.2) is 4.79 Å². The van der Waals surface area contributed by atoms with Crippen molar-refractivity contribution in [2.45, 2.75) is 55.4 Å². The van der Waals surface area contributed by atoms with Crippen molar-refractivity contribution in [2.24, 2.45) is 0 Å². The SMILES string of the molecule is CCC(=N)NCC(=O)NC(C(=O)NC1C(=O)N2[C@@H]1SC(C)(C)[C@@H]2C(=O)O)c1ccccc1. The highest BCUT2D eigenvalue weighted by Gasteiger charge is 2.64. The zero-order chi connectivity index (χ0) is 23.6. The van der Waals surface area contributed by atoms with Crippen LogP contribution >= 0.6 is 11.8 Å². The van der Waals surface area contributed by atoms with Crippen LogP contribution in [0.4, 0.5) is 0 Å². The molecule has 2 aliphatic heterocycles. The van der Waals surface area contributed by atoms with Gasteiger partial charge < -0.3 is 26.0 Å². The Hall–Kier alpha value is -3.08. The summed E-state index contributed by atoms with van der Waals surface area (Å²) < 4.78 is -0.700. The molecule has 1 aromatic carbocycles. The lowest BCUT2D eigenvalue weighted by Crippen LogP contribution is -2.71. The fourth-order valence-corrected chi connectivity index (χ4v) is 5.48. The molecule has 0 radical (unpaired) electrons. The van der Waals surface area contributed by atoms with Crippen LogP contribution in [0.25, 0.3) is 0 Å². The molecule has 0 aliphatic carbocycles. The molecule has 172 valence electrons. The summed E-state index contributed by atoms with van der Waals surface area (Å²) in [7, 11) is 0. The molecule has 3 amide bonds. The Bertz CT molecular complexity index is 938. The number of aliphatic carboxylic acids is 1. The van der Waals surface area contributed by atoms with E-state index < -0.39 is 51.9 Å². The van der Waals surface area contributed by atoms with Gasteiger partial charge in [0.2, 0.25) is 17.7 Å². The number of fused-ring (bicyclic) bond motifs is 1. The van der Waals surface area contributed by atoms with E-state index in [0.29, 0.717) is 12.0 Å². The Balaban J connectivity index is 1.72. The first-order valence-electron chi connectivity index (χ1n) is 10.3. The summed E-state index contributed by atoms with van der Waals surface area (Å²) in [5.41, 5.74) is 0.537. The summed E-state index contributed by atoms with van der Waals surface area (Å²) in [6, 6.07) is 5.74. The first-order valence-corrected chi connectivity index (χ1v) is 11.1. The van der Waals surface area contributed by atoms with Crippen LogP contribution in [0, 0.1) is 5.41 Å². The Kier molecular flexibility index (Phi) is 6.77. The first kappa shape index (κ1) is 23.6. The van der Waals surface area contributed by atoms with Crippen molar-refractivity contribution < 1.29 is 24.3 Å². The summed E-state index contributed by atoms with van der Waals surface area (Å²) in [4.78, 5) is 51.1. The third-order valence-electron chi connectivity index (χ3n) is 5.49. The van der Waals surface area contributed by atoms with Crippen molar-refractivity contribution in [3.63, 3.8) is 0 Å². The van der Waals surface area contributed by atoms with Gasteiger partial charge in [0.05, 0.1) is 12.4 Å². The molecule has 3 rings (SSSR count). The standard InChI is InChI=1S/C21H27N5O5S/c1-4-12(22)23-10-13(27)24-14(11-8-6-5-7-9-11)17(28)25-15-18(29)26-16(20(30)31)21(2,3)32-19(15)26/h5-9,14-16,19H,4,10H2,1-3H3,(H2,22,23)(H,24,27)(H,25,28)(H,30,31)/t14?,15?,16-,19+/m0/s1. The zero-order valence-electron chi connectivity index (χ0n) is 18.0. The predicted octanol–water partition coefficient (Wildman–Crippen LogP) is 0.452. The van der Waals surface area contributed by atoms with Crippen molar-refractivity contribution >= 4 is 41.3 Å². The lowest BCUT2D eigenvalue weighted by molar-refractivity contribution is -0.161. The number of hydrogen-bond acceptors (Lipinski definition) is 6. The maximum atomic E-state index is 13.1. The normalized spacial score (nSPS) is 24.0. The summed E-state index contributed by atoms with van der Waals surface area (Å²) >= 11 is 1.33. The number of thioether (sulfide) groups is 1. The highest BCUT2D eigenvalue weighted by molar-refractivity contribution is 8.01. The molecular weight excluding hydrogens is 434 g/mol. The van der Waals surface area contributed by atoms with Crippen LogP contribution in [-0.2, 0) is 19.2 Å². The highest BCUT2D eigenvalue weighted by atomic mass is 32.2. The van der Waals surface area contributed by atoms with Crippen LogP contribution in [0.5, 0.6) is 0 Å². The number of carbonyl (C=O) groups is 4. The number of carboxylic acid groups (broad SMARTS) is 1. The number of hydrogen-bond donors (Lipinski definition) is 5. The second-order valence-electron chi connectivity index (χ2n) is 8.18. The third-order valence-corrected chi connectivity index (χ3v) is 7.06. The maximum absolute atomic E-state index is 13.1. The molecule has 0 spiro atoms. The highest BCUT2D eigenvalue weighted by Crippen LogP contribution is 2.50. The lowest BCUT2D eigenvalue weighted by Gasteiger charge is -2.44. The van der Waals surface area contributed by atoms with Crippen molar-refractivity contribution in [1.82, 2.24) is 20.9 Å². The number of rotatable bonds is 8. The number of amides is 3. The molecule has 4 atom stereocenters. The van der Waals surface area contributed by atoms with E-state index in [4.69, 9.17) is 5.41 Å². The number of nitrogens with zero attached hydrogens (tertiary/aromatic N) is 1. The second-order valence-corrected chi connectivity index (χ2v) is 9.95.